The first-order chi connectivity index (χ1) is 9.88. The van der Waals surface area contributed by atoms with Crippen LogP contribution < -0.4 is 5.32 Å². The van der Waals surface area contributed by atoms with Gasteiger partial charge in [-0.05, 0) is 28.1 Å². The summed E-state index contributed by atoms with van der Waals surface area (Å²) in [7, 11) is 0. The van der Waals surface area contributed by atoms with E-state index in [1.54, 1.807) is 0 Å². The first-order valence-electron chi connectivity index (χ1n) is 5.45. The van der Waals surface area contributed by atoms with Crippen molar-refractivity contribution >= 4 is 56.4 Å². The van der Waals surface area contributed by atoms with E-state index in [4.69, 9.17) is 23.2 Å². The summed E-state index contributed by atoms with van der Waals surface area (Å²) < 4.78 is 0.571. The van der Waals surface area contributed by atoms with Crippen molar-refractivity contribution in [2.24, 2.45) is 0 Å². The number of nitro groups is 1. The van der Waals surface area contributed by atoms with E-state index in [0.29, 0.717) is 4.47 Å². The number of halogens is 3. The topological polar surface area (TPSA) is 85.1 Å². The zero-order valence-corrected chi connectivity index (χ0v) is 13.2. The van der Waals surface area contributed by atoms with Crippen molar-refractivity contribution in [1.82, 2.24) is 4.98 Å². The van der Waals surface area contributed by atoms with Crippen molar-refractivity contribution < 1.29 is 9.72 Å². The van der Waals surface area contributed by atoms with Crippen molar-refractivity contribution in [2.45, 2.75) is 0 Å². The van der Waals surface area contributed by atoms with Crippen LogP contribution in [0, 0.1) is 10.1 Å². The molecule has 1 amide bonds. The molecular weight excluding hydrogens is 385 g/mol. The standard InChI is InChI=1S/C12H6BrCl2N3O3/c13-6-3-8(11(15)16-5-6)12(19)17-10-4-7(18(20)21)1-2-9(10)14/h1-5H,(H,17,19). The Bertz CT molecular complexity index is 740. The Morgan fingerprint density at radius 3 is 2.71 bits per heavy atom. The van der Waals surface area contributed by atoms with E-state index in [0.717, 1.165) is 0 Å². The van der Waals surface area contributed by atoms with Crippen LogP contribution in [0.25, 0.3) is 0 Å². The minimum Gasteiger partial charge on any atom is -0.320 e. The minimum atomic E-state index is -0.584. The molecule has 0 saturated carbocycles. The average molecular weight is 391 g/mol. The van der Waals surface area contributed by atoms with Crippen LogP contribution in [0.15, 0.2) is 34.9 Å². The molecule has 0 fully saturated rings. The van der Waals surface area contributed by atoms with Gasteiger partial charge in [-0.25, -0.2) is 4.98 Å². The molecule has 1 aromatic carbocycles. The monoisotopic (exact) mass is 389 g/mol. The van der Waals surface area contributed by atoms with Crippen LogP contribution in [0.3, 0.4) is 0 Å². The van der Waals surface area contributed by atoms with Crippen LogP contribution in [-0.2, 0) is 0 Å². The molecule has 9 heteroatoms. The van der Waals surface area contributed by atoms with Crippen molar-refractivity contribution in [2.75, 3.05) is 5.32 Å². The molecule has 108 valence electrons. The smallest absolute Gasteiger partial charge is 0.271 e. The molecule has 0 radical (unpaired) electrons. The molecule has 0 aliphatic carbocycles. The lowest BCUT2D eigenvalue weighted by molar-refractivity contribution is -0.384. The van der Waals surface area contributed by atoms with Crippen molar-refractivity contribution in [3.8, 4) is 0 Å². The van der Waals surface area contributed by atoms with E-state index in [2.05, 4.69) is 26.2 Å². The lowest BCUT2D eigenvalue weighted by atomic mass is 10.2. The molecule has 2 rings (SSSR count). The molecule has 1 aromatic heterocycles. The maximum Gasteiger partial charge on any atom is 0.271 e. The summed E-state index contributed by atoms with van der Waals surface area (Å²) >= 11 is 14.9. The fourth-order valence-electron chi connectivity index (χ4n) is 1.49. The molecule has 0 aliphatic rings. The number of amides is 1. The molecule has 0 saturated heterocycles. The number of nitrogens with zero attached hydrogens (tertiary/aromatic N) is 2. The van der Waals surface area contributed by atoms with Crippen LogP contribution in [-0.4, -0.2) is 15.8 Å². The van der Waals surface area contributed by atoms with E-state index in [1.165, 1.54) is 30.5 Å². The quantitative estimate of drug-likeness (QED) is 0.480. The molecule has 0 atom stereocenters. The first kappa shape index (κ1) is 15.7. The molecule has 6 nitrogen and oxygen atoms in total. The van der Waals surface area contributed by atoms with Gasteiger partial charge in [0.25, 0.3) is 11.6 Å². The summed E-state index contributed by atoms with van der Waals surface area (Å²) in [6, 6.07) is 5.22. The highest BCUT2D eigenvalue weighted by Crippen LogP contribution is 2.28. The largest absolute Gasteiger partial charge is 0.320 e. The maximum absolute atomic E-state index is 12.1. The van der Waals surface area contributed by atoms with Crippen LogP contribution in [0.5, 0.6) is 0 Å². The molecule has 1 N–H and O–H groups in total. The fourth-order valence-corrected chi connectivity index (χ4v) is 2.18. The van der Waals surface area contributed by atoms with Crippen molar-refractivity contribution in [3.63, 3.8) is 0 Å². The Labute approximate surface area is 137 Å². The van der Waals surface area contributed by atoms with Gasteiger partial charge < -0.3 is 5.32 Å². The minimum absolute atomic E-state index is 0.0113. The predicted molar refractivity (Wildman–Crippen MR) is 83.0 cm³/mol. The second kappa shape index (κ2) is 6.38. The molecule has 0 unspecified atom stereocenters. The van der Waals surface area contributed by atoms with Gasteiger partial charge in [-0.2, -0.15) is 0 Å². The van der Waals surface area contributed by atoms with E-state index in [9.17, 15) is 14.9 Å². The number of aromatic nitrogens is 1. The number of nitro benzene ring substituents is 1. The number of pyridine rings is 1. The number of rotatable bonds is 3. The van der Waals surface area contributed by atoms with Gasteiger partial charge in [-0.1, -0.05) is 23.2 Å². The highest BCUT2D eigenvalue weighted by atomic mass is 79.9. The van der Waals surface area contributed by atoms with Gasteiger partial charge in [0.2, 0.25) is 0 Å². The first-order valence-corrected chi connectivity index (χ1v) is 6.99. The Hall–Kier alpha value is -1.70. The maximum atomic E-state index is 12.1. The van der Waals surface area contributed by atoms with Gasteiger partial charge in [-0.15, -0.1) is 0 Å². The second-order valence-electron chi connectivity index (χ2n) is 3.87. The number of carbonyl (C=O) groups is 1. The molecule has 2 aromatic rings. The van der Waals surface area contributed by atoms with Gasteiger partial charge in [-0.3, -0.25) is 14.9 Å². The van der Waals surface area contributed by atoms with Gasteiger partial charge in [0.15, 0.2) is 0 Å². The van der Waals surface area contributed by atoms with E-state index in [-0.39, 0.29) is 27.1 Å². The number of anilines is 1. The number of carbonyl (C=O) groups excluding carboxylic acids is 1. The third kappa shape index (κ3) is 3.69. The third-order valence-corrected chi connectivity index (χ3v) is 3.52. The molecule has 0 aliphatic heterocycles. The van der Waals surface area contributed by atoms with Gasteiger partial charge >= 0.3 is 0 Å². The number of nitrogens with one attached hydrogen (secondary N) is 1. The number of hydrogen-bond donors (Lipinski definition) is 1. The Morgan fingerprint density at radius 2 is 2.05 bits per heavy atom. The van der Waals surface area contributed by atoms with Crippen LogP contribution in [0.2, 0.25) is 10.2 Å². The predicted octanol–water partition coefficient (Wildman–Crippen LogP) is 4.31. The lowest BCUT2D eigenvalue weighted by Gasteiger charge is -2.08. The van der Waals surface area contributed by atoms with E-state index < -0.39 is 10.8 Å². The molecule has 21 heavy (non-hydrogen) atoms. The van der Waals surface area contributed by atoms with Crippen LogP contribution in [0.4, 0.5) is 11.4 Å². The highest BCUT2D eigenvalue weighted by molar-refractivity contribution is 9.10. The van der Waals surface area contributed by atoms with E-state index >= 15 is 0 Å². The summed E-state index contributed by atoms with van der Waals surface area (Å²) in [5.74, 6) is -0.573. The normalized spacial score (nSPS) is 10.2. The Balaban J connectivity index is 2.33. The Kier molecular flexibility index (Phi) is 4.76. The lowest BCUT2D eigenvalue weighted by Crippen LogP contribution is -2.13. The number of benzene rings is 1. The molecule has 0 bridgehead atoms. The summed E-state index contributed by atoms with van der Waals surface area (Å²) in [6.45, 7) is 0. The van der Waals surface area contributed by atoms with Gasteiger partial charge in [0, 0.05) is 22.8 Å². The number of hydrogen-bond acceptors (Lipinski definition) is 4. The Morgan fingerprint density at radius 1 is 1.33 bits per heavy atom. The average Bonchev–Trinajstić information content (AvgIpc) is 2.43. The van der Waals surface area contributed by atoms with Crippen molar-refractivity contribution in [1.29, 1.82) is 0 Å². The molecular formula is C12H6BrCl2N3O3. The summed E-state index contributed by atoms with van der Waals surface area (Å²) in [4.78, 5) is 26.1. The van der Waals surface area contributed by atoms with Crippen molar-refractivity contribution in [3.05, 3.63) is 60.8 Å². The van der Waals surface area contributed by atoms with Crippen LogP contribution >= 0.6 is 39.1 Å². The highest BCUT2D eigenvalue weighted by Gasteiger charge is 2.16. The third-order valence-electron chi connectivity index (χ3n) is 2.46. The van der Waals surface area contributed by atoms with E-state index in [1.807, 2.05) is 0 Å². The summed E-state index contributed by atoms with van der Waals surface area (Å²) in [6.07, 6.45) is 1.44. The zero-order chi connectivity index (χ0) is 15.6. The summed E-state index contributed by atoms with van der Waals surface area (Å²) in [5, 5.41) is 13.4. The van der Waals surface area contributed by atoms with Gasteiger partial charge in [0.1, 0.15) is 5.15 Å². The fraction of sp³-hybridized carbons (Fsp3) is 0. The molecule has 1 heterocycles. The number of non-ortho nitro benzene ring substituents is 1. The molecule has 0 spiro atoms. The summed E-state index contributed by atoms with van der Waals surface area (Å²) in [5.41, 5.74) is 0.0497. The van der Waals surface area contributed by atoms with Crippen LogP contribution in [0.1, 0.15) is 10.4 Å². The SMILES string of the molecule is O=C(Nc1cc([N+](=O)[O-])ccc1Cl)c1cc(Br)cnc1Cl. The second-order valence-corrected chi connectivity index (χ2v) is 5.55. The zero-order valence-electron chi connectivity index (χ0n) is 10.1. The van der Waals surface area contributed by atoms with Gasteiger partial charge in [0.05, 0.1) is 21.2 Å².